The van der Waals surface area contributed by atoms with E-state index in [1.807, 2.05) is 11.5 Å². The minimum absolute atomic E-state index is 0.131. The average molecular weight is 374 g/mol. The first-order chi connectivity index (χ1) is 11.5. The van der Waals surface area contributed by atoms with E-state index in [9.17, 15) is 9.18 Å². The van der Waals surface area contributed by atoms with Crippen LogP contribution < -0.4 is 4.74 Å². The second-order valence-electron chi connectivity index (χ2n) is 4.60. The van der Waals surface area contributed by atoms with E-state index in [0.717, 1.165) is 0 Å². The van der Waals surface area contributed by atoms with Gasteiger partial charge in [-0.3, -0.25) is 4.79 Å². The van der Waals surface area contributed by atoms with E-state index in [2.05, 4.69) is 10.2 Å². The van der Waals surface area contributed by atoms with Crippen molar-refractivity contribution >= 4 is 29.3 Å². The number of benzene rings is 1. The van der Waals surface area contributed by atoms with Crippen LogP contribution in [0.15, 0.2) is 23.4 Å². The van der Waals surface area contributed by atoms with Gasteiger partial charge >= 0.3 is 5.97 Å². The summed E-state index contributed by atoms with van der Waals surface area (Å²) in [5.41, 5.74) is 0. The summed E-state index contributed by atoms with van der Waals surface area (Å²) in [7, 11) is 0. The molecule has 0 N–H and O–H groups in total. The summed E-state index contributed by atoms with van der Waals surface area (Å²) in [6.45, 7) is 4.79. The first-order valence-corrected chi connectivity index (χ1v) is 8.69. The molecular weight excluding hydrogens is 357 g/mol. The number of hydrogen-bond donors (Lipinski definition) is 0. The summed E-state index contributed by atoms with van der Waals surface area (Å²) in [4.78, 5) is 11.4. The van der Waals surface area contributed by atoms with Crippen molar-refractivity contribution in [3.63, 3.8) is 0 Å². The van der Waals surface area contributed by atoms with Gasteiger partial charge in [0.25, 0.3) is 0 Å². The molecule has 9 heteroatoms. The van der Waals surface area contributed by atoms with Crippen LogP contribution in [0.4, 0.5) is 4.39 Å². The quantitative estimate of drug-likeness (QED) is 0.522. The molecule has 24 heavy (non-hydrogen) atoms. The van der Waals surface area contributed by atoms with Gasteiger partial charge in [0.05, 0.1) is 17.4 Å². The smallest absolute Gasteiger partial charge is 0.316 e. The molecule has 0 amide bonds. The Morgan fingerprint density at radius 1 is 1.38 bits per heavy atom. The maximum Gasteiger partial charge on any atom is 0.316 e. The lowest BCUT2D eigenvalue weighted by atomic mass is 10.3. The molecule has 0 fully saturated rings. The number of carbonyl (C=O) groups is 1. The van der Waals surface area contributed by atoms with Crippen molar-refractivity contribution < 1.29 is 18.7 Å². The Hall–Kier alpha value is -1.80. The molecule has 2 aromatic rings. The molecule has 0 radical (unpaired) electrons. The predicted octanol–water partition coefficient (Wildman–Crippen LogP) is 3.32. The van der Waals surface area contributed by atoms with Crippen LogP contribution in [-0.4, -0.2) is 33.1 Å². The number of halogens is 2. The summed E-state index contributed by atoms with van der Waals surface area (Å²) in [6, 6.07) is 3.91. The zero-order valence-corrected chi connectivity index (χ0v) is 14.9. The third kappa shape index (κ3) is 4.85. The van der Waals surface area contributed by atoms with Crippen molar-refractivity contribution in [2.45, 2.75) is 32.2 Å². The number of hydrogen-bond acceptors (Lipinski definition) is 6. The highest BCUT2D eigenvalue weighted by molar-refractivity contribution is 7.99. The number of nitrogens with zero attached hydrogens (tertiary/aromatic N) is 3. The van der Waals surface area contributed by atoms with Crippen LogP contribution in [0.2, 0.25) is 5.02 Å². The fraction of sp³-hybridized carbons (Fsp3) is 0.400. The Labute approximate surface area is 148 Å². The third-order valence-corrected chi connectivity index (χ3v) is 4.22. The molecule has 0 saturated heterocycles. The van der Waals surface area contributed by atoms with Crippen molar-refractivity contribution in [3.8, 4) is 5.75 Å². The summed E-state index contributed by atoms with van der Waals surface area (Å²) in [5.74, 6) is 0.385. The van der Waals surface area contributed by atoms with E-state index in [-0.39, 0.29) is 23.4 Å². The van der Waals surface area contributed by atoms with Crippen molar-refractivity contribution in [2.75, 3.05) is 12.4 Å². The third-order valence-electron chi connectivity index (χ3n) is 2.98. The van der Waals surface area contributed by atoms with Crippen molar-refractivity contribution in [1.29, 1.82) is 0 Å². The minimum Gasteiger partial charge on any atom is -0.484 e. The van der Waals surface area contributed by atoms with Crippen LogP contribution in [0.3, 0.4) is 0 Å². The van der Waals surface area contributed by atoms with Crippen LogP contribution in [-0.2, 0) is 22.7 Å². The van der Waals surface area contributed by atoms with E-state index in [0.29, 0.717) is 29.9 Å². The maximum atomic E-state index is 13.0. The predicted molar refractivity (Wildman–Crippen MR) is 88.8 cm³/mol. The zero-order chi connectivity index (χ0) is 17.5. The van der Waals surface area contributed by atoms with Crippen LogP contribution in [0, 0.1) is 5.82 Å². The molecule has 0 saturated carbocycles. The largest absolute Gasteiger partial charge is 0.484 e. The molecule has 130 valence electrons. The van der Waals surface area contributed by atoms with Gasteiger partial charge in [-0.2, -0.15) is 0 Å². The molecule has 6 nitrogen and oxygen atoms in total. The standard InChI is InChI=1S/C15H17ClFN3O3S/c1-3-20-13(8-23-12-6-5-10(17)7-11(12)16)18-19-15(20)24-9-14(21)22-4-2/h5-7H,3-4,8-9H2,1-2H3. The molecular formula is C15H17ClFN3O3S. The summed E-state index contributed by atoms with van der Waals surface area (Å²) in [6.07, 6.45) is 0. The van der Waals surface area contributed by atoms with Gasteiger partial charge in [-0.05, 0) is 32.0 Å². The number of thioether (sulfide) groups is 1. The topological polar surface area (TPSA) is 66.2 Å². The van der Waals surface area contributed by atoms with Gasteiger partial charge in [0.2, 0.25) is 0 Å². The van der Waals surface area contributed by atoms with Crippen LogP contribution in [0.1, 0.15) is 19.7 Å². The number of rotatable bonds is 8. The lowest BCUT2D eigenvalue weighted by molar-refractivity contribution is -0.139. The summed E-state index contributed by atoms with van der Waals surface area (Å²) in [5, 5.41) is 8.93. The van der Waals surface area contributed by atoms with E-state index < -0.39 is 5.82 Å². The fourth-order valence-electron chi connectivity index (χ4n) is 1.91. The average Bonchev–Trinajstić information content (AvgIpc) is 2.94. The highest BCUT2D eigenvalue weighted by Crippen LogP contribution is 2.26. The molecule has 1 aromatic carbocycles. The molecule has 1 aromatic heterocycles. The highest BCUT2D eigenvalue weighted by Gasteiger charge is 2.14. The second-order valence-corrected chi connectivity index (χ2v) is 5.95. The lowest BCUT2D eigenvalue weighted by Gasteiger charge is -2.09. The number of ether oxygens (including phenoxy) is 2. The first kappa shape index (κ1) is 18.5. The monoisotopic (exact) mass is 373 g/mol. The van der Waals surface area contributed by atoms with E-state index in [4.69, 9.17) is 21.1 Å². The lowest BCUT2D eigenvalue weighted by Crippen LogP contribution is -2.10. The van der Waals surface area contributed by atoms with E-state index in [1.165, 1.54) is 30.0 Å². The van der Waals surface area contributed by atoms with E-state index >= 15 is 0 Å². The minimum atomic E-state index is -0.429. The van der Waals surface area contributed by atoms with Gasteiger partial charge in [0.1, 0.15) is 18.2 Å². The second kappa shape index (κ2) is 8.89. The summed E-state index contributed by atoms with van der Waals surface area (Å²) >= 11 is 7.18. The SMILES string of the molecule is CCOC(=O)CSc1nnc(COc2ccc(F)cc2Cl)n1CC. The molecule has 1 heterocycles. The van der Waals surface area contributed by atoms with Crippen LogP contribution >= 0.6 is 23.4 Å². The molecule has 0 spiro atoms. The Morgan fingerprint density at radius 2 is 2.17 bits per heavy atom. The Balaban J connectivity index is 2.01. The molecule has 0 bridgehead atoms. The van der Waals surface area contributed by atoms with Crippen molar-refractivity contribution in [3.05, 3.63) is 34.9 Å². The number of aromatic nitrogens is 3. The Kier molecular flexibility index (Phi) is 6.86. The molecule has 0 atom stereocenters. The van der Waals surface area contributed by atoms with Crippen molar-refractivity contribution in [2.24, 2.45) is 0 Å². The molecule has 0 aliphatic carbocycles. The van der Waals surface area contributed by atoms with Gasteiger partial charge in [0.15, 0.2) is 11.0 Å². The van der Waals surface area contributed by atoms with Crippen molar-refractivity contribution in [1.82, 2.24) is 14.8 Å². The maximum absolute atomic E-state index is 13.0. The van der Waals surface area contributed by atoms with Gasteiger partial charge in [-0.15, -0.1) is 10.2 Å². The number of esters is 1. The zero-order valence-electron chi connectivity index (χ0n) is 13.3. The van der Waals surface area contributed by atoms with Crippen LogP contribution in [0.25, 0.3) is 0 Å². The Bertz CT molecular complexity index is 711. The highest BCUT2D eigenvalue weighted by atomic mass is 35.5. The molecule has 0 aliphatic rings. The van der Waals surface area contributed by atoms with Gasteiger partial charge in [0, 0.05) is 6.54 Å². The van der Waals surface area contributed by atoms with Gasteiger partial charge < -0.3 is 14.0 Å². The normalized spacial score (nSPS) is 10.7. The van der Waals surface area contributed by atoms with Crippen LogP contribution in [0.5, 0.6) is 5.75 Å². The van der Waals surface area contributed by atoms with E-state index in [1.54, 1.807) is 6.92 Å². The molecule has 0 aliphatic heterocycles. The Morgan fingerprint density at radius 3 is 2.83 bits per heavy atom. The molecule has 0 unspecified atom stereocenters. The number of carbonyl (C=O) groups excluding carboxylic acids is 1. The van der Waals surface area contributed by atoms with Gasteiger partial charge in [-0.1, -0.05) is 23.4 Å². The summed E-state index contributed by atoms with van der Waals surface area (Å²) < 4.78 is 25.3. The fourth-order valence-corrected chi connectivity index (χ4v) is 2.95. The molecule has 2 rings (SSSR count). The first-order valence-electron chi connectivity index (χ1n) is 7.33. The van der Waals surface area contributed by atoms with Gasteiger partial charge in [-0.25, -0.2) is 4.39 Å².